The van der Waals surface area contributed by atoms with E-state index in [9.17, 15) is 0 Å². The molecule has 0 bridgehead atoms. The van der Waals surface area contributed by atoms with E-state index in [0.29, 0.717) is 0 Å². The second kappa shape index (κ2) is 10.4. The fourth-order valence-corrected chi connectivity index (χ4v) is 7.82. The fraction of sp³-hybridized carbons (Fsp3) is 0.0769. The molecule has 1 aliphatic heterocycles. The summed E-state index contributed by atoms with van der Waals surface area (Å²) in [4.78, 5) is 0. The van der Waals surface area contributed by atoms with Crippen LogP contribution in [0, 0.1) is 0 Å². The van der Waals surface area contributed by atoms with Crippen molar-refractivity contribution in [2.45, 2.75) is 18.5 Å². The second-order valence-electron chi connectivity index (χ2n) is 11.5. The molecule has 0 amide bonds. The molecule has 0 aliphatic carbocycles. The van der Waals surface area contributed by atoms with Crippen LogP contribution in [0.5, 0.6) is 0 Å². The normalized spacial score (nSPS) is 18.9. The molecule has 0 spiro atoms. The summed E-state index contributed by atoms with van der Waals surface area (Å²) in [6.45, 7) is 0. The highest BCUT2D eigenvalue weighted by molar-refractivity contribution is 7.25. The molecule has 6 aromatic carbocycles. The molecule has 8 aromatic rings. The maximum Gasteiger partial charge on any atom is 0.143 e. The minimum absolute atomic E-state index is 0.00859. The average Bonchev–Trinajstić information content (AvgIpc) is 3.66. The van der Waals surface area contributed by atoms with Gasteiger partial charge < -0.3 is 4.42 Å². The van der Waals surface area contributed by atoms with E-state index < -0.39 is 0 Å². The Morgan fingerprint density at radius 2 is 1.05 bits per heavy atom. The lowest BCUT2D eigenvalue weighted by atomic mass is 10.0. The van der Waals surface area contributed by atoms with Gasteiger partial charge >= 0.3 is 0 Å². The Morgan fingerprint density at radius 3 is 1.77 bits per heavy atom. The van der Waals surface area contributed by atoms with Crippen LogP contribution in [-0.2, 0) is 0 Å². The third kappa shape index (κ3) is 4.33. The summed E-state index contributed by atoms with van der Waals surface area (Å²) in [5.74, 6) is 0. The van der Waals surface area contributed by atoms with Gasteiger partial charge in [-0.3, -0.25) is 16.0 Å². The molecule has 2 atom stereocenters. The van der Waals surface area contributed by atoms with Crippen LogP contribution >= 0.6 is 11.3 Å². The highest BCUT2D eigenvalue weighted by Crippen LogP contribution is 2.41. The summed E-state index contributed by atoms with van der Waals surface area (Å²) in [5, 5.41) is 16.3. The number of thiophene rings is 1. The molecule has 2 unspecified atom stereocenters. The van der Waals surface area contributed by atoms with Crippen LogP contribution in [-0.4, -0.2) is 0 Å². The van der Waals surface area contributed by atoms with E-state index in [1.807, 2.05) is 23.5 Å². The van der Waals surface area contributed by atoms with E-state index >= 15 is 0 Å². The fourth-order valence-electron chi connectivity index (χ4n) is 6.63. The summed E-state index contributed by atoms with van der Waals surface area (Å²) in [6, 6.07) is 49.6. The van der Waals surface area contributed by atoms with Crippen LogP contribution in [0.15, 0.2) is 144 Å². The van der Waals surface area contributed by atoms with Gasteiger partial charge in [0.05, 0.1) is 18.5 Å². The summed E-state index contributed by atoms with van der Waals surface area (Å²) < 4.78 is 8.92. The monoisotopic (exact) mass is 587 g/mol. The maximum absolute atomic E-state index is 6.36. The van der Waals surface area contributed by atoms with Crippen molar-refractivity contribution < 1.29 is 4.42 Å². The first-order valence-corrected chi connectivity index (χ1v) is 15.8. The Labute approximate surface area is 259 Å². The molecule has 1 aliphatic rings. The van der Waals surface area contributed by atoms with Crippen molar-refractivity contribution in [3.8, 4) is 11.1 Å². The summed E-state index contributed by atoms with van der Waals surface area (Å²) in [6.07, 6.45) is -0.00826. The minimum atomic E-state index is -0.0254. The standard InChI is InChI=1S/C39H29N3OS/c1-3-10-24(11-4-1)37-40-38(25-12-5-2-6-13-25)42-39(41-37)27-19-21-31-30-20-18-26(22-34(30)44-35(31)23-27)28-15-9-16-32-29-14-7-8-17-33(29)43-36(28)32/h1-23,37-42H. The largest absolute Gasteiger partial charge is 0.455 e. The highest BCUT2D eigenvalue weighted by atomic mass is 32.1. The molecule has 9 rings (SSSR count). The number of nitrogens with one attached hydrogen (secondary N) is 3. The molecule has 3 heterocycles. The lowest BCUT2D eigenvalue weighted by molar-refractivity contribution is 0.203. The van der Waals surface area contributed by atoms with Gasteiger partial charge in [0.1, 0.15) is 11.2 Å². The third-order valence-corrected chi connectivity index (χ3v) is 9.93. The molecular formula is C39H29N3OS. The predicted molar refractivity (Wildman–Crippen MR) is 183 cm³/mol. The zero-order valence-corrected chi connectivity index (χ0v) is 24.6. The lowest BCUT2D eigenvalue weighted by Gasteiger charge is -2.39. The maximum atomic E-state index is 6.36. The molecular weight excluding hydrogens is 559 g/mol. The van der Waals surface area contributed by atoms with Crippen molar-refractivity contribution in [1.29, 1.82) is 0 Å². The molecule has 1 fully saturated rings. The van der Waals surface area contributed by atoms with Crippen LogP contribution in [0.1, 0.15) is 35.2 Å². The number of benzene rings is 6. The Balaban J connectivity index is 1.10. The molecule has 44 heavy (non-hydrogen) atoms. The van der Waals surface area contributed by atoms with E-state index in [1.165, 1.54) is 42.4 Å². The zero-order valence-electron chi connectivity index (χ0n) is 23.8. The first-order valence-electron chi connectivity index (χ1n) is 15.0. The van der Waals surface area contributed by atoms with E-state index in [0.717, 1.165) is 27.5 Å². The van der Waals surface area contributed by atoms with E-state index in [2.05, 4.69) is 143 Å². The van der Waals surface area contributed by atoms with Gasteiger partial charge in [-0.15, -0.1) is 11.3 Å². The summed E-state index contributed by atoms with van der Waals surface area (Å²) in [7, 11) is 0. The first-order chi connectivity index (χ1) is 21.8. The van der Waals surface area contributed by atoms with Gasteiger partial charge in [0, 0.05) is 36.5 Å². The third-order valence-electron chi connectivity index (χ3n) is 8.81. The molecule has 212 valence electrons. The van der Waals surface area contributed by atoms with Crippen molar-refractivity contribution in [3.63, 3.8) is 0 Å². The van der Waals surface area contributed by atoms with Crippen molar-refractivity contribution in [1.82, 2.24) is 16.0 Å². The van der Waals surface area contributed by atoms with Gasteiger partial charge in [0.15, 0.2) is 0 Å². The highest BCUT2D eigenvalue weighted by Gasteiger charge is 2.29. The van der Waals surface area contributed by atoms with Crippen LogP contribution in [0.25, 0.3) is 53.2 Å². The second-order valence-corrected chi connectivity index (χ2v) is 12.6. The van der Waals surface area contributed by atoms with Gasteiger partial charge in [-0.05, 0) is 40.5 Å². The number of rotatable bonds is 4. The van der Waals surface area contributed by atoms with E-state index in [4.69, 9.17) is 4.42 Å². The number of para-hydroxylation sites is 2. The summed E-state index contributed by atoms with van der Waals surface area (Å²) in [5.41, 5.74) is 7.83. The van der Waals surface area contributed by atoms with Gasteiger partial charge in [-0.2, -0.15) is 0 Å². The predicted octanol–water partition coefficient (Wildman–Crippen LogP) is 9.80. The van der Waals surface area contributed by atoms with Crippen LogP contribution in [0.3, 0.4) is 0 Å². The number of furan rings is 1. The van der Waals surface area contributed by atoms with Gasteiger partial charge in [-0.25, -0.2) is 0 Å². The lowest BCUT2D eigenvalue weighted by Crippen LogP contribution is -2.54. The van der Waals surface area contributed by atoms with Crippen LogP contribution in [0.4, 0.5) is 0 Å². The molecule has 4 nitrogen and oxygen atoms in total. The Kier molecular flexibility index (Phi) is 6.10. The quantitative estimate of drug-likeness (QED) is 0.192. The Morgan fingerprint density at radius 1 is 0.455 bits per heavy atom. The van der Waals surface area contributed by atoms with Gasteiger partial charge in [0.25, 0.3) is 0 Å². The van der Waals surface area contributed by atoms with Crippen molar-refractivity contribution in [2.75, 3.05) is 0 Å². The smallest absolute Gasteiger partial charge is 0.143 e. The zero-order chi connectivity index (χ0) is 29.0. The average molecular weight is 588 g/mol. The Hall–Kier alpha value is -4.78. The van der Waals surface area contributed by atoms with E-state index in [-0.39, 0.29) is 18.5 Å². The number of hydrogen-bond acceptors (Lipinski definition) is 5. The molecule has 0 saturated carbocycles. The van der Waals surface area contributed by atoms with Crippen LogP contribution < -0.4 is 16.0 Å². The van der Waals surface area contributed by atoms with Crippen molar-refractivity contribution >= 4 is 53.4 Å². The van der Waals surface area contributed by atoms with E-state index in [1.54, 1.807) is 0 Å². The molecule has 0 radical (unpaired) electrons. The SMILES string of the molecule is c1ccc(C2NC(c3ccccc3)NC(c3ccc4c(c3)sc3cc(-c5cccc6c5oc5ccccc56)ccc34)N2)cc1. The minimum Gasteiger partial charge on any atom is -0.455 e. The Bertz CT molecular complexity index is 2240. The molecule has 1 saturated heterocycles. The summed E-state index contributed by atoms with van der Waals surface area (Å²) >= 11 is 1.85. The van der Waals surface area contributed by atoms with Gasteiger partial charge in [0.2, 0.25) is 0 Å². The van der Waals surface area contributed by atoms with Crippen LogP contribution in [0.2, 0.25) is 0 Å². The van der Waals surface area contributed by atoms with Crippen molar-refractivity contribution in [3.05, 3.63) is 156 Å². The number of fused-ring (bicyclic) bond motifs is 6. The van der Waals surface area contributed by atoms with Crippen molar-refractivity contribution in [2.24, 2.45) is 0 Å². The first kappa shape index (κ1) is 25.7. The number of hydrogen-bond donors (Lipinski definition) is 3. The van der Waals surface area contributed by atoms with Gasteiger partial charge in [-0.1, -0.05) is 121 Å². The molecule has 5 heteroatoms. The molecule has 2 aromatic heterocycles. The topological polar surface area (TPSA) is 49.2 Å². The molecule has 3 N–H and O–H groups in total.